The SMILES string of the molecule is [2H]c1nccc2c1NC(c1c(F)cccc1F)=Nc1cn[nH]c1-2. The normalized spacial score (nSPS) is 13.4. The first-order valence-corrected chi connectivity index (χ1v) is 6.44. The molecule has 0 unspecified atom stereocenters. The van der Waals surface area contributed by atoms with Crippen LogP contribution in [0.4, 0.5) is 20.2 Å². The van der Waals surface area contributed by atoms with Crippen LogP contribution >= 0.6 is 0 Å². The summed E-state index contributed by atoms with van der Waals surface area (Å²) in [6, 6.07) is 5.25. The van der Waals surface area contributed by atoms with Crippen molar-refractivity contribution in [3.63, 3.8) is 0 Å². The van der Waals surface area contributed by atoms with Crippen molar-refractivity contribution in [2.45, 2.75) is 0 Å². The first-order chi connectivity index (χ1) is 11.1. The first kappa shape index (κ1) is 11.6. The molecule has 3 heterocycles. The van der Waals surface area contributed by atoms with E-state index < -0.39 is 11.6 Å². The number of nitrogens with one attached hydrogen (secondary N) is 2. The number of rotatable bonds is 1. The zero-order chi connectivity index (χ0) is 16.0. The molecule has 0 bridgehead atoms. The molecule has 0 aliphatic carbocycles. The van der Waals surface area contributed by atoms with Crippen LogP contribution in [0.1, 0.15) is 6.93 Å². The van der Waals surface area contributed by atoms with Crippen molar-refractivity contribution < 1.29 is 10.2 Å². The van der Waals surface area contributed by atoms with Gasteiger partial charge in [-0.3, -0.25) is 10.1 Å². The van der Waals surface area contributed by atoms with E-state index in [1.165, 1.54) is 18.5 Å². The van der Waals surface area contributed by atoms with Gasteiger partial charge in [-0.2, -0.15) is 5.10 Å². The van der Waals surface area contributed by atoms with E-state index in [9.17, 15) is 8.78 Å². The summed E-state index contributed by atoms with van der Waals surface area (Å²) in [5.74, 6) is -1.54. The fraction of sp³-hybridized carbons (Fsp3) is 0. The van der Waals surface area contributed by atoms with E-state index in [2.05, 4.69) is 25.5 Å². The van der Waals surface area contributed by atoms with Crippen molar-refractivity contribution in [2.24, 2.45) is 4.99 Å². The molecular weight excluding hydrogens is 288 g/mol. The van der Waals surface area contributed by atoms with E-state index >= 15 is 0 Å². The van der Waals surface area contributed by atoms with Crippen LogP contribution in [-0.4, -0.2) is 21.0 Å². The van der Waals surface area contributed by atoms with Crippen LogP contribution in [0, 0.1) is 11.6 Å². The molecule has 0 fully saturated rings. The van der Waals surface area contributed by atoms with Gasteiger partial charge in [-0.15, -0.1) is 0 Å². The number of benzene rings is 1. The van der Waals surface area contributed by atoms with Gasteiger partial charge in [0, 0.05) is 11.8 Å². The van der Waals surface area contributed by atoms with Gasteiger partial charge >= 0.3 is 0 Å². The third kappa shape index (κ3) is 1.86. The Morgan fingerprint density at radius 2 is 1.95 bits per heavy atom. The molecule has 1 aromatic carbocycles. The number of amidine groups is 1. The fourth-order valence-corrected chi connectivity index (χ4v) is 2.33. The Labute approximate surface area is 125 Å². The average Bonchev–Trinajstić information content (AvgIpc) is 2.91. The summed E-state index contributed by atoms with van der Waals surface area (Å²) < 4.78 is 36.1. The first-order valence-electron chi connectivity index (χ1n) is 6.94. The quantitative estimate of drug-likeness (QED) is 0.724. The molecule has 7 heteroatoms. The summed E-state index contributed by atoms with van der Waals surface area (Å²) in [6.07, 6.45) is 2.87. The molecule has 0 spiro atoms. The Balaban J connectivity index is 2.00. The van der Waals surface area contributed by atoms with Crippen molar-refractivity contribution in [1.82, 2.24) is 15.2 Å². The standard InChI is InChI=1S/C15H9F2N5/c16-9-2-1-3-10(17)13(9)15-20-11-6-18-5-4-8(11)14-12(21-15)7-19-22-14/h1-7H,(H,19,22)(H,20,21)/i6D. The number of H-pyrrole nitrogens is 1. The minimum atomic E-state index is -0.750. The van der Waals surface area contributed by atoms with Gasteiger partial charge in [-0.05, 0) is 18.2 Å². The zero-order valence-corrected chi connectivity index (χ0v) is 11.1. The Kier molecular flexibility index (Phi) is 2.48. The van der Waals surface area contributed by atoms with Gasteiger partial charge in [0.25, 0.3) is 0 Å². The van der Waals surface area contributed by atoms with Crippen molar-refractivity contribution >= 4 is 17.2 Å². The van der Waals surface area contributed by atoms with E-state index in [1.807, 2.05) is 0 Å². The highest BCUT2D eigenvalue weighted by atomic mass is 19.1. The molecule has 0 atom stereocenters. The maximum Gasteiger partial charge on any atom is 0.144 e. The number of hydrogen-bond acceptors (Lipinski definition) is 4. The van der Waals surface area contributed by atoms with E-state index in [0.29, 0.717) is 22.6 Å². The lowest BCUT2D eigenvalue weighted by Gasteiger charge is -2.11. The van der Waals surface area contributed by atoms with Crippen LogP contribution in [0.25, 0.3) is 11.3 Å². The molecule has 4 rings (SSSR count). The Bertz CT molecular complexity index is 931. The summed E-state index contributed by atoms with van der Waals surface area (Å²) in [5, 5.41) is 9.54. The lowest BCUT2D eigenvalue weighted by Crippen LogP contribution is -2.17. The third-order valence-electron chi connectivity index (χ3n) is 3.33. The van der Waals surface area contributed by atoms with E-state index in [1.54, 1.807) is 6.07 Å². The molecule has 5 nitrogen and oxygen atoms in total. The number of pyridine rings is 1. The summed E-state index contributed by atoms with van der Waals surface area (Å²) >= 11 is 0. The molecule has 3 aromatic rings. The van der Waals surface area contributed by atoms with Crippen LogP contribution in [0.15, 0.2) is 47.8 Å². The number of aromatic amines is 1. The number of aliphatic imine (C=N–C) groups is 1. The largest absolute Gasteiger partial charge is 0.338 e. The molecule has 0 saturated heterocycles. The van der Waals surface area contributed by atoms with Crippen LogP contribution in [-0.2, 0) is 0 Å². The highest BCUT2D eigenvalue weighted by Crippen LogP contribution is 2.36. The van der Waals surface area contributed by atoms with Crippen LogP contribution in [0.2, 0.25) is 0 Å². The molecule has 108 valence electrons. The van der Waals surface area contributed by atoms with E-state index in [4.69, 9.17) is 1.37 Å². The minimum absolute atomic E-state index is 0.0384. The molecule has 22 heavy (non-hydrogen) atoms. The number of nitrogens with zero attached hydrogens (tertiary/aromatic N) is 3. The maximum absolute atomic E-state index is 14.1. The molecule has 1 aliphatic heterocycles. The van der Waals surface area contributed by atoms with Gasteiger partial charge < -0.3 is 5.32 Å². The van der Waals surface area contributed by atoms with Crippen LogP contribution in [0.3, 0.4) is 0 Å². The number of hydrogen-bond donors (Lipinski definition) is 2. The van der Waals surface area contributed by atoms with Gasteiger partial charge in [0.1, 0.15) is 23.2 Å². The molecule has 2 N–H and O–H groups in total. The van der Waals surface area contributed by atoms with Crippen molar-refractivity contribution in [2.75, 3.05) is 5.32 Å². The van der Waals surface area contributed by atoms with E-state index in [-0.39, 0.29) is 17.6 Å². The van der Waals surface area contributed by atoms with Gasteiger partial charge in [0.2, 0.25) is 0 Å². The predicted octanol–water partition coefficient (Wildman–Crippen LogP) is 3.25. The number of fused-ring (bicyclic) bond motifs is 3. The van der Waals surface area contributed by atoms with Gasteiger partial charge in [0.05, 0.1) is 30.7 Å². The Morgan fingerprint density at radius 3 is 2.77 bits per heavy atom. The second-order valence-corrected chi connectivity index (χ2v) is 4.66. The minimum Gasteiger partial charge on any atom is -0.338 e. The van der Waals surface area contributed by atoms with Gasteiger partial charge in [0.15, 0.2) is 0 Å². The molecule has 0 radical (unpaired) electrons. The fourth-order valence-electron chi connectivity index (χ4n) is 2.33. The summed E-state index contributed by atoms with van der Waals surface area (Å²) in [7, 11) is 0. The Hall–Kier alpha value is -3.09. The van der Waals surface area contributed by atoms with Crippen molar-refractivity contribution in [1.29, 1.82) is 0 Å². The molecular formula is C15H9F2N5. The monoisotopic (exact) mass is 298 g/mol. The van der Waals surface area contributed by atoms with Crippen LogP contribution in [0.5, 0.6) is 0 Å². The van der Waals surface area contributed by atoms with Crippen molar-refractivity contribution in [3.05, 3.63) is 60.0 Å². The lowest BCUT2D eigenvalue weighted by molar-refractivity contribution is 0.579. The third-order valence-corrected chi connectivity index (χ3v) is 3.33. The highest BCUT2D eigenvalue weighted by Gasteiger charge is 2.22. The molecule has 1 aliphatic rings. The van der Waals surface area contributed by atoms with Crippen LogP contribution < -0.4 is 5.32 Å². The van der Waals surface area contributed by atoms with Gasteiger partial charge in [-0.25, -0.2) is 13.8 Å². The van der Waals surface area contributed by atoms with Crippen molar-refractivity contribution in [3.8, 4) is 11.3 Å². The number of halogens is 2. The second-order valence-electron chi connectivity index (χ2n) is 4.66. The highest BCUT2D eigenvalue weighted by molar-refractivity contribution is 6.13. The zero-order valence-electron chi connectivity index (χ0n) is 12.1. The average molecular weight is 298 g/mol. The summed E-state index contributed by atoms with van der Waals surface area (Å²) in [6.45, 7) is 0. The number of aromatic nitrogens is 3. The second kappa shape index (κ2) is 4.73. The summed E-state index contributed by atoms with van der Waals surface area (Å²) in [4.78, 5) is 8.16. The lowest BCUT2D eigenvalue weighted by atomic mass is 10.1. The topological polar surface area (TPSA) is 66.0 Å². The van der Waals surface area contributed by atoms with E-state index in [0.717, 1.165) is 12.1 Å². The Morgan fingerprint density at radius 1 is 1.14 bits per heavy atom. The van der Waals surface area contributed by atoms with Gasteiger partial charge in [-0.1, -0.05) is 6.07 Å². The summed E-state index contributed by atoms with van der Waals surface area (Å²) in [5.41, 5.74) is 1.58. The maximum atomic E-state index is 14.1. The molecule has 0 saturated carbocycles. The molecule has 0 amide bonds. The number of anilines is 1. The molecule has 2 aromatic heterocycles. The smallest absolute Gasteiger partial charge is 0.144 e. The predicted molar refractivity (Wildman–Crippen MR) is 78.0 cm³/mol.